The van der Waals surface area contributed by atoms with Crippen LogP contribution < -0.4 is 17.2 Å². The van der Waals surface area contributed by atoms with Crippen molar-refractivity contribution in [1.82, 2.24) is 4.90 Å². The molecule has 1 fully saturated rings. The van der Waals surface area contributed by atoms with Gasteiger partial charge in [-0.15, -0.1) is 0 Å². The van der Waals surface area contributed by atoms with Crippen molar-refractivity contribution in [1.29, 1.82) is 0 Å². The van der Waals surface area contributed by atoms with Crippen molar-refractivity contribution in [3.05, 3.63) is 0 Å². The van der Waals surface area contributed by atoms with Crippen LogP contribution in [0.3, 0.4) is 0 Å². The molecular formula is C21H44N7O5P. The Morgan fingerprint density at radius 2 is 1.94 bits per heavy atom. The number of aliphatic imine (C=N–C) groups is 3. The van der Waals surface area contributed by atoms with Crippen molar-refractivity contribution in [2.45, 2.75) is 83.8 Å². The zero-order valence-corrected chi connectivity index (χ0v) is 21.6. The molecule has 0 spiro atoms. The summed E-state index contributed by atoms with van der Waals surface area (Å²) in [6, 6.07) is -0.209. The second-order valence-electron chi connectivity index (χ2n) is 7.21. The van der Waals surface area contributed by atoms with Crippen LogP contribution in [0.15, 0.2) is 15.0 Å². The minimum absolute atomic E-state index is 0.00438. The predicted molar refractivity (Wildman–Crippen MR) is 138 cm³/mol. The van der Waals surface area contributed by atoms with E-state index in [0.717, 1.165) is 45.1 Å². The molecule has 12 nitrogen and oxygen atoms in total. The Morgan fingerprint density at radius 1 is 1.26 bits per heavy atom. The van der Waals surface area contributed by atoms with Gasteiger partial charge in [-0.05, 0) is 32.2 Å². The molecule has 3 rings (SSSR count). The lowest BCUT2D eigenvalue weighted by Gasteiger charge is -2.30. The summed E-state index contributed by atoms with van der Waals surface area (Å²) in [4.78, 5) is 32.7. The Bertz CT molecular complexity index is 606. The first-order valence-corrected chi connectivity index (χ1v) is 13.3. The fraction of sp³-hybridized carbons (Fsp3) is 0.810. The van der Waals surface area contributed by atoms with E-state index in [0.29, 0.717) is 25.2 Å². The first-order valence-electron chi connectivity index (χ1n) is 11.9. The van der Waals surface area contributed by atoms with Gasteiger partial charge in [-0.3, -0.25) is 9.79 Å². The molecule has 0 radical (unpaired) electrons. The number of amides is 1. The molecule has 3 aliphatic rings. The van der Waals surface area contributed by atoms with Crippen LogP contribution in [0.4, 0.5) is 0 Å². The number of aliphatic hydroxyl groups is 1. The molecule has 1 saturated heterocycles. The fourth-order valence-electron chi connectivity index (χ4n) is 3.23. The molecule has 3 aliphatic heterocycles. The van der Waals surface area contributed by atoms with Crippen molar-refractivity contribution in [2.75, 3.05) is 25.9 Å². The molecule has 0 aromatic rings. The van der Waals surface area contributed by atoms with E-state index in [1.54, 1.807) is 6.34 Å². The average Bonchev–Trinajstić information content (AvgIpc) is 3.50. The van der Waals surface area contributed by atoms with Gasteiger partial charge in [0.25, 0.3) is 0 Å². The molecule has 34 heavy (non-hydrogen) atoms. The number of rotatable bonds is 10. The molecule has 5 atom stereocenters. The number of carbonyl (C=O) groups excluding carboxylic acids is 1. The van der Waals surface area contributed by atoms with E-state index in [1.165, 1.54) is 6.34 Å². The third-order valence-electron chi connectivity index (χ3n) is 4.89. The molecule has 0 aromatic heterocycles. The molecule has 0 saturated carbocycles. The lowest BCUT2D eigenvalue weighted by atomic mass is 10.2. The maximum Gasteiger partial charge on any atom is 0.204 e. The van der Waals surface area contributed by atoms with Gasteiger partial charge < -0.3 is 41.4 Å². The van der Waals surface area contributed by atoms with Crippen molar-refractivity contribution in [2.24, 2.45) is 32.2 Å². The quantitative estimate of drug-likeness (QED) is 0.164. The lowest BCUT2D eigenvalue weighted by molar-refractivity contribution is -0.106. The maximum atomic E-state index is 9.49. The molecule has 0 aromatic carbocycles. The van der Waals surface area contributed by atoms with Crippen LogP contribution in [0.2, 0.25) is 0 Å². The highest BCUT2D eigenvalue weighted by atomic mass is 31.2. The van der Waals surface area contributed by atoms with Crippen LogP contribution >= 0.6 is 8.38 Å². The van der Waals surface area contributed by atoms with Gasteiger partial charge in [-0.1, -0.05) is 33.6 Å². The van der Waals surface area contributed by atoms with E-state index in [9.17, 15) is 4.89 Å². The van der Waals surface area contributed by atoms with Crippen LogP contribution in [0.5, 0.6) is 0 Å². The van der Waals surface area contributed by atoms with Crippen molar-refractivity contribution < 1.29 is 24.1 Å². The number of nitrogens with two attached hydrogens (primary N) is 3. The van der Waals surface area contributed by atoms with E-state index in [-0.39, 0.29) is 30.9 Å². The van der Waals surface area contributed by atoms with Gasteiger partial charge in [0.2, 0.25) is 6.41 Å². The van der Waals surface area contributed by atoms with Gasteiger partial charge in [-0.25, -0.2) is 9.98 Å². The number of primary amides is 1. The summed E-state index contributed by atoms with van der Waals surface area (Å²) in [6.07, 6.45) is 9.98. The first kappa shape index (κ1) is 32.3. The number of hydrogen-bond acceptors (Lipinski definition) is 11. The highest BCUT2D eigenvalue weighted by molar-refractivity contribution is 7.46. The standard InChI is InChI=1S/C12H20N5O3P.C6H15NO.C2H6.CH3NO/c1-2-21(18)19-5-8-3-4-9(20-8)17-7-16-10-11(13)14-6-15-12(10)17;7-5-3-1-2-4-6-8;1-2;2-1-3/h6-10,12,18H,2-5H2,1H3,(H2,13,14,15);8H,1-7H2;1-2H3;1H,(H2,2,3). The molecule has 0 aliphatic carbocycles. The number of fused-ring (bicyclic) bond motifs is 1. The van der Waals surface area contributed by atoms with Gasteiger partial charge in [-0.2, -0.15) is 0 Å². The number of ether oxygens (including phenoxy) is 1. The highest BCUT2D eigenvalue weighted by Gasteiger charge is 2.41. The average molecular weight is 506 g/mol. The number of nitrogens with zero attached hydrogens (tertiary/aromatic N) is 4. The summed E-state index contributed by atoms with van der Waals surface area (Å²) >= 11 is 0. The van der Waals surface area contributed by atoms with E-state index >= 15 is 0 Å². The van der Waals surface area contributed by atoms with Gasteiger partial charge in [0.05, 0.1) is 19.0 Å². The fourth-order valence-corrected chi connectivity index (χ4v) is 3.75. The zero-order valence-electron chi connectivity index (χ0n) is 20.7. The molecule has 3 heterocycles. The van der Waals surface area contributed by atoms with Crippen molar-refractivity contribution >= 4 is 33.3 Å². The first-order chi connectivity index (χ1) is 16.5. The second-order valence-corrected chi connectivity index (χ2v) is 8.80. The van der Waals surface area contributed by atoms with E-state index < -0.39 is 8.38 Å². The topological polar surface area (TPSA) is 194 Å². The zero-order chi connectivity index (χ0) is 25.8. The SMILES string of the molecule is CC.CCP(O)OCC1CCC(N2C=NC3C(N)=NC=NC32)O1.NC=O.NCCCCCCO. The third-order valence-corrected chi connectivity index (χ3v) is 5.88. The Balaban J connectivity index is 0.000000704. The Kier molecular flexibility index (Phi) is 19.6. The Hall–Kier alpha value is -1.69. The number of aliphatic hydroxyl groups excluding tert-OH is 1. The largest absolute Gasteiger partial charge is 0.396 e. The maximum absolute atomic E-state index is 9.49. The summed E-state index contributed by atoms with van der Waals surface area (Å²) in [7, 11) is -1.31. The molecule has 5 unspecified atom stereocenters. The minimum atomic E-state index is -1.31. The van der Waals surface area contributed by atoms with E-state index in [4.69, 9.17) is 30.6 Å². The Morgan fingerprint density at radius 3 is 2.56 bits per heavy atom. The summed E-state index contributed by atoms with van der Waals surface area (Å²) in [5.41, 5.74) is 15.3. The summed E-state index contributed by atoms with van der Waals surface area (Å²) in [5.74, 6) is 0.487. The normalized spacial score (nSPS) is 25.0. The number of hydrogen-bond donors (Lipinski definition) is 5. The molecule has 198 valence electrons. The lowest BCUT2D eigenvalue weighted by Crippen LogP contribution is -2.47. The van der Waals surface area contributed by atoms with Gasteiger partial charge in [0, 0.05) is 12.8 Å². The third kappa shape index (κ3) is 12.1. The van der Waals surface area contributed by atoms with Crippen molar-refractivity contribution in [3.63, 3.8) is 0 Å². The summed E-state index contributed by atoms with van der Waals surface area (Å²) < 4.78 is 11.4. The van der Waals surface area contributed by atoms with Crippen LogP contribution in [0.1, 0.15) is 59.3 Å². The molecule has 0 bridgehead atoms. The number of amidine groups is 1. The van der Waals surface area contributed by atoms with Crippen LogP contribution in [-0.2, 0) is 14.1 Å². The van der Waals surface area contributed by atoms with Gasteiger partial charge >= 0.3 is 0 Å². The molecular weight excluding hydrogens is 461 g/mol. The number of unbranched alkanes of at least 4 members (excludes halogenated alkanes) is 3. The second kappa shape index (κ2) is 20.7. The van der Waals surface area contributed by atoms with E-state index in [2.05, 4.69) is 20.7 Å². The van der Waals surface area contributed by atoms with Crippen LogP contribution in [0, 0.1) is 0 Å². The monoisotopic (exact) mass is 505 g/mol. The van der Waals surface area contributed by atoms with E-state index in [1.807, 2.05) is 25.7 Å². The molecule has 13 heteroatoms. The molecule has 8 N–H and O–H groups in total. The highest BCUT2D eigenvalue weighted by Crippen LogP contribution is 2.33. The summed E-state index contributed by atoms with van der Waals surface area (Å²) in [6.45, 7) is 7.44. The summed E-state index contributed by atoms with van der Waals surface area (Å²) in [5, 5.41) is 8.33. The van der Waals surface area contributed by atoms with Crippen LogP contribution in [-0.4, -0.2) is 90.3 Å². The Labute approximate surface area is 204 Å². The predicted octanol–water partition coefficient (Wildman–Crippen LogP) is 0.895. The van der Waals surface area contributed by atoms with Crippen molar-refractivity contribution in [3.8, 4) is 0 Å². The van der Waals surface area contributed by atoms with Crippen LogP contribution in [0.25, 0.3) is 0 Å². The van der Waals surface area contributed by atoms with Gasteiger partial charge in [0.15, 0.2) is 14.5 Å². The molecule has 1 amide bonds. The van der Waals surface area contributed by atoms with Gasteiger partial charge in [0.1, 0.15) is 24.4 Å². The smallest absolute Gasteiger partial charge is 0.204 e. The minimum Gasteiger partial charge on any atom is -0.396 e. The number of carbonyl (C=O) groups is 1.